The van der Waals surface area contributed by atoms with Crippen molar-refractivity contribution in [1.29, 1.82) is 0 Å². The molecule has 1 unspecified atom stereocenters. The van der Waals surface area contributed by atoms with Crippen LogP contribution in [0.5, 0.6) is 0 Å². The highest BCUT2D eigenvalue weighted by Crippen LogP contribution is 2.38. The van der Waals surface area contributed by atoms with E-state index >= 15 is 0 Å². The minimum Gasteiger partial charge on any atom is -0.374 e. The molecule has 1 aliphatic carbocycles. The summed E-state index contributed by atoms with van der Waals surface area (Å²) in [6.07, 6.45) is 5.79. The van der Waals surface area contributed by atoms with E-state index in [1.807, 2.05) is 12.1 Å². The Labute approximate surface area is 127 Å². The van der Waals surface area contributed by atoms with Gasteiger partial charge in [-0.05, 0) is 44.4 Å². The van der Waals surface area contributed by atoms with Crippen molar-refractivity contribution in [2.45, 2.75) is 57.6 Å². The summed E-state index contributed by atoms with van der Waals surface area (Å²) in [5, 5.41) is 4.50. The van der Waals surface area contributed by atoms with Crippen molar-refractivity contribution in [3.63, 3.8) is 0 Å². The molecule has 3 heteroatoms. The second kappa shape index (κ2) is 7.44. The van der Waals surface area contributed by atoms with Crippen LogP contribution in [-0.2, 0) is 11.2 Å². The minimum absolute atomic E-state index is 0.00999. The third-order valence-corrected chi connectivity index (χ3v) is 4.72. The van der Waals surface area contributed by atoms with Gasteiger partial charge in [-0.1, -0.05) is 49.6 Å². The van der Waals surface area contributed by atoms with Crippen LogP contribution in [0.15, 0.2) is 24.3 Å². The molecule has 1 atom stereocenters. The van der Waals surface area contributed by atoms with Gasteiger partial charge in [-0.2, -0.15) is 0 Å². The minimum atomic E-state index is -0.00999. The molecular formula is C17H26ClNO. The Morgan fingerprint density at radius 3 is 2.55 bits per heavy atom. The van der Waals surface area contributed by atoms with Gasteiger partial charge in [0.15, 0.2) is 0 Å². The van der Waals surface area contributed by atoms with Crippen LogP contribution in [0.1, 0.15) is 45.1 Å². The Morgan fingerprint density at radius 1 is 1.25 bits per heavy atom. The summed E-state index contributed by atoms with van der Waals surface area (Å²) in [5.41, 5.74) is 1.20. The average molecular weight is 296 g/mol. The first-order chi connectivity index (χ1) is 9.72. The molecule has 0 bridgehead atoms. The van der Waals surface area contributed by atoms with E-state index < -0.39 is 0 Å². The summed E-state index contributed by atoms with van der Waals surface area (Å²) < 4.78 is 6.21. The zero-order valence-corrected chi connectivity index (χ0v) is 13.4. The van der Waals surface area contributed by atoms with Gasteiger partial charge in [-0.3, -0.25) is 0 Å². The molecule has 0 saturated heterocycles. The zero-order chi connectivity index (χ0) is 14.4. The predicted molar refractivity (Wildman–Crippen MR) is 85.4 cm³/mol. The lowest BCUT2D eigenvalue weighted by Gasteiger charge is -2.38. The van der Waals surface area contributed by atoms with E-state index in [0.29, 0.717) is 6.04 Å². The second-order valence-electron chi connectivity index (χ2n) is 5.61. The van der Waals surface area contributed by atoms with E-state index in [9.17, 15) is 0 Å². The Kier molecular flexibility index (Phi) is 5.88. The van der Waals surface area contributed by atoms with E-state index in [-0.39, 0.29) is 5.60 Å². The first-order valence-corrected chi connectivity index (χ1v) is 8.20. The van der Waals surface area contributed by atoms with E-state index in [1.54, 1.807) is 0 Å². The molecule has 0 aromatic heterocycles. The van der Waals surface area contributed by atoms with Gasteiger partial charge >= 0.3 is 0 Å². The summed E-state index contributed by atoms with van der Waals surface area (Å²) in [4.78, 5) is 0. The van der Waals surface area contributed by atoms with Crippen LogP contribution in [0.3, 0.4) is 0 Å². The highest BCUT2D eigenvalue weighted by Gasteiger charge is 2.41. The quantitative estimate of drug-likeness (QED) is 0.813. The Bertz CT molecular complexity index is 415. The third kappa shape index (κ3) is 3.55. The van der Waals surface area contributed by atoms with Crippen molar-refractivity contribution < 1.29 is 4.74 Å². The summed E-state index contributed by atoms with van der Waals surface area (Å²) in [6.45, 7) is 6.00. The molecule has 0 amide bonds. The maximum Gasteiger partial charge on any atom is 0.0837 e. The SMILES string of the molecule is CCNC(Cc1ccccc1Cl)C1(OCC)CCCC1. The number of nitrogens with one attached hydrogen (secondary N) is 1. The maximum atomic E-state index is 6.33. The van der Waals surface area contributed by atoms with Crippen molar-refractivity contribution in [1.82, 2.24) is 5.32 Å². The Hall–Kier alpha value is -0.570. The third-order valence-electron chi connectivity index (χ3n) is 4.35. The van der Waals surface area contributed by atoms with Crippen LogP contribution in [0.2, 0.25) is 5.02 Å². The van der Waals surface area contributed by atoms with Gasteiger partial charge in [-0.25, -0.2) is 0 Å². The number of halogens is 1. The number of ether oxygens (including phenoxy) is 1. The van der Waals surface area contributed by atoms with Gasteiger partial charge < -0.3 is 10.1 Å². The van der Waals surface area contributed by atoms with E-state index in [1.165, 1.54) is 18.4 Å². The molecule has 1 aliphatic rings. The van der Waals surface area contributed by atoms with Crippen LogP contribution >= 0.6 is 11.6 Å². The molecule has 0 aliphatic heterocycles. The lowest BCUT2D eigenvalue weighted by atomic mass is 9.87. The van der Waals surface area contributed by atoms with Crippen LogP contribution in [0.25, 0.3) is 0 Å². The van der Waals surface area contributed by atoms with Gasteiger partial charge in [0.2, 0.25) is 0 Å². The first-order valence-electron chi connectivity index (χ1n) is 7.82. The Balaban J connectivity index is 2.19. The van der Waals surface area contributed by atoms with Crippen molar-refractivity contribution >= 4 is 11.6 Å². The summed E-state index contributed by atoms with van der Waals surface area (Å²) in [6, 6.07) is 8.49. The highest BCUT2D eigenvalue weighted by atomic mass is 35.5. The fourth-order valence-electron chi connectivity index (χ4n) is 3.43. The van der Waals surface area contributed by atoms with Gasteiger partial charge in [0.1, 0.15) is 0 Å². The van der Waals surface area contributed by atoms with E-state index in [0.717, 1.165) is 37.4 Å². The second-order valence-corrected chi connectivity index (χ2v) is 6.02. The van der Waals surface area contributed by atoms with Crippen LogP contribution in [0.4, 0.5) is 0 Å². The molecule has 1 saturated carbocycles. The molecule has 112 valence electrons. The van der Waals surface area contributed by atoms with Crippen molar-refractivity contribution in [3.8, 4) is 0 Å². The number of rotatable bonds is 7. The smallest absolute Gasteiger partial charge is 0.0837 e. The van der Waals surface area contributed by atoms with Crippen molar-refractivity contribution in [2.24, 2.45) is 0 Å². The molecular weight excluding hydrogens is 270 g/mol. The molecule has 20 heavy (non-hydrogen) atoms. The molecule has 1 aromatic rings. The molecule has 0 heterocycles. The number of benzene rings is 1. The lowest BCUT2D eigenvalue weighted by molar-refractivity contribution is -0.0609. The highest BCUT2D eigenvalue weighted by molar-refractivity contribution is 6.31. The van der Waals surface area contributed by atoms with Crippen LogP contribution in [-0.4, -0.2) is 24.8 Å². The fourth-order valence-corrected chi connectivity index (χ4v) is 3.64. The molecule has 2 rings (SSSR count). The number of hydrogen-bond donors (Lipinski definition) is 1. The normalized spacial score (nSPS) is 19.1. The zero-order valence-electron chi connectivity index (χ0n) is 12.6. The van der Waals surface area contributed by atoms with Crippen LogP contribution in [0, 0.1) is 0 Å². The molecule has 1 fully saturated rings. The lowest BCUT2D eigenvalue weighted by Crippen LogP contribution is -2.52. The first kappa shape index (κ1) is 15.8. The maximum absolute atomic E-state index is 6.33. The molecule has 1 aromatic carbocycles. The van der Waals surface area contributed by atoms with Gasteiger partial charge in [-0.15, -0.1) is 0 Å². The van der Waals surface area contributed by atoms with Crippen LogP contribution < -0.4 is 5.32 Å². The van der Waals surface area contributed by atoms with E-state index in [4.69, 9.17) is 16.3 Å². The molecule has 2 nitrogen and oxygen atoms in total. The van der Waals surface area contributed by atoms with Gasteiger partial charge in [0.05, 0.1) is 5.60 Å². The molecule has 0 radical (unpaired) electrons. The van der Waals surface area contributed by atoms with Crippen molar-refractivity contribution in [2.75, 3.05) is 13.2 Å². The summed E-state index contributed by atoms with van der Waals surface area (Å²) >= 11 is 6.33. The fraction of sp³-hybridized carbons (Fsp3) is 0.647. The largest absolute Gasteiger partial charge is 0.374 e. The summed E-state index contributed by atoms with van der Waals surface area (Å²) in [5.74, 6) is 0. The monoisotopic (exact) mass is 295 g/mol. The number of hydrogen-bond acceptors (Lipinski definition) is 2. The van der Waals surface area contributed by atoms with Gasteiger partial charge in [0, 0.05) is 17.7 Å². The Morgan fingerprint density at radius 2 is 1.95 bits per heavy atom. The topological polar surface area (TPSA) is 21.3 Å². The molecule has 0 spiro atoms. The van der Waals surface area contributed by atoms with Crippen molar-refractivity contribution in [3.05, 3.63) is 34.9 Å². The van der Waals surface area contributed by atoms with E-state index in [2.05, 4.69) is 31.3 Å². The predicted octanol–water partition coefficient (Wildman–Crippen LogP) is 4.21. The molecule has 1 N–H and O–H groups in total. The average Bonchev–Trinajstić information content (AvgIpc) is 2.91. The standard InChI is InChI=1S/C17H26ClNO/c1-3-19-16(13-14-9-5-6-10-15(14)18)17(20-4-2)11-7-8-12-17/h5-6,9-10,16,19H,3-4,7-8,11-13H2,1-2H3. The summed E-state index contributed by atoms with van der Waals surface area (Å²) in [7, 11) is 0. The van der Waals surface area contributed by atoms with Gasteiger partial charge in [0.25, 0.3) is 0 Å². The number of likely N-dealkylation sites (N-methyl/N-ethyl adjacent to an activating group) is 1.